The summed E-state index contributed by atoms with van der Waals surface area (Å²) in [5.41, 5.74) is 1.45. The third-order valence-corrected chi connectivity index (χ3v) is 3.76. The smallest absolute Gasteiger partial charge is 0.418 e. The van der Waals surface area contributed by atoms with Crippen molar-refractivity contribution in [2.75, 3.05) is 0 Å². The van der Waals surface area contributed by atoms with E-state index in [4.69, 9.17) is 9.47 Å². The van der Waals surface area contributed by atoms with E-state index in [1.54, 1.807) is 39.0 Å². The number of rotatable bonds is 4. The molecule has 2 aromatic carbocycles. The Balaban J connectivity index is 0.00000261. The Morgan fingerprint density at radius 3 is 2.44 bits per heavy atom. The normalized spacial score (nSPS) is 11.0. The van der Waals surface area contributed by atoms with Crippen LogP contribution < -0.4 is 10.3 Å². The van der Waals surface area contributed by atoms with Gasteiger partial charge in [-0.25, -0.2) is 4.79 Å². The van der Waals surface area contributed by atoms with Crippen LogP contribution in [0.3, 0.4) is 0 Å². The highest BCUT2D eigenvalue weighted by atomic mass is 16.6. The molecule has 0 saturated carbocycles. The van der Waals surface area contributed by atoms with Crippen molar-refractivity contribution in [2.45, 2.75) is 33.0 Å². The fourth-order valence-corrected chi connectivity index (χ4v) is 2.65. The average molecular weight is 368 g/mol. The lowest BCUT2D eigenvalue weighted by Gasteiger charge is -2.20. The van der Waals surface area contributed by atoms with Gasteiger partial charge in [0.05, 0.1) is 5.52 Å². The van der Waals surface area contributed by atoms with Crippen LogP contribution in [0.4, 0.5) is 4.79 Å². The average Bonchev–Trinajstić information content (AvgIpc) is 2.97. The van der Waals surface area contributed by atoms with Crippen LogP contribution in [0.15, 0.2) is 54.6 Å². The Labute approximate surface area is 158 Å². The first-order valence-corrected chi connectivity index (χ1v) is 8.40. The van der Waals surface area contributed by atoms with Crippen LogP contribution in [0.1, 0.15) is 26.3 Å². The van der Waals surface area contributed by atoms with E-state index in [-0.39, 0.29) is 5.48 Å². The lowest BCUT2D eigenvalue weighted by atomic mass is 9.96. The zero-order valence-electron chi connectivity index (χ0n) is 15.6. The molecule has 7 heteroatoms. The summed E-state index contributed by atoms with van der Waals surface area (Å²) in [5.74, 6) is 0.687. The van der Waals surface area contributed by atoms with E-state index in [0.717, 1.165) is 18.4 Å². The van der Waals surface area contributed by atoms with Crippen LogP contribution >= 0.6 is 0 Å². The van der Waals surface area contributed by atoms with Crippen molar-refractivity contribution < 1.29 is 24.8 Å². The molecule has 1 heterocycles. The van der Waals surface area contributed by atoms with E-state index in [1.165, 1.54) is 4.57 Å². The van der Waals surface area contributed by atoms with Crippen LogP contribution in [0.2, 0.25) is 0 Å². The number of nitrogens with zero attached hydrogens (tertiary/aromatic N) is 1. The van der Waals surface area contributed by atoms with Crippen LogP contribution in [0, 0.1) is 0 Å². The lowest BCUT2D eigenvalue weighted by Crippen LogP contribution is -2.34. The third-order valence-electron chi connectivity index (χ3n) is 3.76. The van der Waals surface area contributed by atoms with E-state index in [9.17, 15) is 9.82 Å². The van der Waals surface area contributed by atoms with Gasteiger partial charge in [-0.3, -0.25) is 4.57 Å². The minimum atomic E-state index is -0.626. The Morgan fingerprint density at radius 2 is 1.81 bits per heavy atom. The van der Waals surface area contributed by atoms with Gasteiger partial charge in [-0.2, -0.15) is 0 Å². The van der Waals surface area contributed by atoms with Crippen molar-refractivity contribution in [3.05, 3.63) is 60.2 Å². The van der Waals surface area contributed by atoms with Crippen molar-refractivity contribution in [3.63, 3.8) is 0 Å². The van der Waals surface area contributed by atoms with Crippen molar-refractivity contribution in [3.8, 4) is 5.75 Å². The number of carbonyl (C=O) groups is 1. The van der Waals surface area contributed by atoms with E-state index < -0.39 is 11.7 Å². The van der Waals surface area contributed by atoms with Crippen LogP contribution in [0.25, 0.3) is 10.9 Å². The maximum absolute atomic E-state index is 12.5. The van der Waals surface area contributed by atoms with Gasteiger partial charge in [0.2, 0.25) is 0 Å². The minimum Gasteiger partial charge on any atom is -0.489 e. The van der Waals surface area contributed by atoms with E-state index >= 15 is 0 Å². The quantitative estimate of drug-likeness (QED) is 0.716. The van der Waals surface area contributed by atoms with Gasteiger partial charge in [0.25, 0.3) is 0 Å². The van der Waals surface area contributed by atoms with E-state index in [2.05, 4.69) is 0 Å². The second-order valence-electron chi connectivity index (χ2n) is 7.01. The molecule has 0 bridgehead atoms. The van der Waals surface area contributed by atoms with Gasteiger partial charge in [-0.15, -0.1) is 0 Å². The fraction of sp³-hybridized carbons (Fsp3) is 0.250. The number of aromatic nitrogens is 1. The van der Waals surface area contributed by atoms with Crippen molar-refractivity contribution in [1.82, 2.24) is 4.57 Å². The van der Waals surface area contributed by atoms with Crippen molar-refractivity contribution in [2.24, 2.45) is 0 Å². The Kier molecular flexibility index (Phi) is 6.30. The number of ether oxygens (including phenoxy) is 2. The molecule has 0 spiro atoms. The molecule has 3 aromatic rings. The Bertz CT molecular complexity index is 915. The zero-order valence-corrected chi connectivity index (χ0v) is 15.6. The summed E-state index contributed by atoms with van der Waals surface area (Å²) in [6.45, 7) is 5.86. The van der Waals surface area contributed by atoms with Gasteiger partial charge in [0.1, 0.15) is 18.0 Å². The van der Waals surface area contributed by atoms with E-state index in [0.29, 0.717) is 23.5 Å². The number of hydrogen-bond acceptors (Lipinski definition) is 4. The first-order chi connectivity index (χ1) is 12.4. The lowest BCUT2D eigenvalue weighted by molar-refractivity contribution is 0.0549. The number of benzene rings is 2. The molecule has 0 fully saturated rings. The molecule has 0 unspecified atom stereocenters. The molecule has 1 aromatic heterocycles. The summed E-state index contributed by atoms with van der Waals surface area (Å²) in [6.07, 6.45) is -0.536. The molecule has 0 amide bonds. The van der Waals surface area contributed by atoms with Gasteiger partial charge in [-0.1, -0.05) is 30.3 Å². The summed E-state index contributed by atoms with van der Waals surface area (Å²) >= 11 is 0. The highest BCUT2D eigenvalue weighted by Gasteiger charge is 2.22. The number of carbonyl (C=O) groups excluding carboxylic acids is 1. The van der Waals surface area contributed by atoms with Gasteiger partial charge in [0.15, 0.2) is 0 Å². The van der Waals surface area contributed by atoms with Crippen LogP contribution in [-0.2, 0) is 11.3 Å². The molecular formula is C20H23BNO5. The van der Waals surface area contributed by atoms with Gasteiger partial charge in [-0.05, 0) is 50.6 Å². The third kappa shape index (κ3) is 4.90. The van der Waals surface area contributed by atoms with Gasteiger partial charge < -0.3 is 20.0 Å². The van der Waals surface area contributed by atoms with Crippen molar-refractivity contribution in [1.29, 1.82) is 0 Å². The Hall–Kier alpha value is -2.77. The van der Waals surface area contributed by atoms with Crippen molar-refractivity contribution >= 4 is 30.1 Å². The monoisotopic (exact) mass is 368 g/mol. The van der Waals surface area contributed by atoms with E-state index in [1.807, 2.05) is 36.4 Å². The molecule has 1 radical (unpaired) electrons. The maximum atomic E-state index is 12.5. The summed E-state index contributed by atoms with van der Waals surface area (Å²) in [5, 5.41) is 10.3. The highest BCUT2D eigenvalue weighted by Crippen LogP contribution is 2.23. The molecule has 0 saturated heterocycles. The summed E-state index contributed by atoms with van der Waals surface area (Å²) in [7, 11) is 0.897. The fourth-order valence-electron chi connectivity index (χ4n) is 2.65. The molecule has 3 N–H and O–H groups in total. The Morgan fingerprint density at radius 1 is 1.11 bits per heavy atom. The first-order valence-electron chi connectivity index (χ1n) is 8.40. The van der Waals surface area contributed by atoms with Gasteiger partial charge in [0, 0.05) is 11.0 Å². The first kappa shape index (κ1) is 20.5. The molecule has 141 valence electrons. The number of hydrogen-bond donors (Lipinski definition) is 1. The molecule has 27 heavy (non-hydrogen) atoms. The molecular weight excluding hydrogens is 345 g/mol. The molecule has 6 nitrogen and oxygen atoms in total. The maximum Gasteiger partial charge on any atom is 0.418 e. The minimum absolute atomic E-state index is 0. The predicted molar refractivity (Wildman–Crippen MR) is 106 cm³/mol. The molecule has 0 atom stereocenters. The van der Waals surface area contributed by atoms with Crippen LogP contribution in [0.5, 0.6) is 5.75 Å². The summed E-state index contributed by atoms with van der Waals surface area (Å²) in [4.78, 5) is 12.5. The summed E-state index contributed by atoms with van der Waals surface area (Å²) in [6, 6.07) is 17.0. The van der Waals surface area contributed by atoms with Crippen LogP contribution in [-0.4, -0.2) is 34.2 Å². The SMILES string of the molecule is CC(C)(C)OC(=O)n1c([B]O)cc2cc(OCc3ccccc3)ccc21.O. The second kappa shape index (κ2) is 8.29. The number of fused-ring (bicyclic) bond motifs is 1. The standard InChI is InChI=1S/C20H21BNO4.H2O/c1-20(2,3)26-19(23)22-17-10-9-16(11-15(17)12-18(22)21-24)25-13-14-7-5-4-6-8-14;/h4-12,24H,13H2,1-3H3;1H2. The second-order valence-corrected chi connectivity index (χ2v) is 7.01. The summed E-state index contributed by atoms with van der Waals surface area (Å²) < 4.78 is 12.6. The van der Waals surface area contributed by atoms with Gasteiger partial charge >= 0.3 is 13.6 Å². The predicted octanol–water partition coefficient (Wildman–Crippen LogP) is 2.42. The largest absolute Gasteiger partial charge is 0.489 e. The molecule has 0 aliphatic rings. The molecule has 0 aliphatic carbocycles. The zero-order chi connectivity index (χ0) is 18.7. The molecule has 3 rings (SSSR count). The topological polar surface area (TPSA) is 92.2 Å². The molecule has 0 aliphatic heterocycles. The highest BCUT2D eigenvalue weighted by molar-refractivity contribution is 6.46.